The monoisotopic (exact) mass is 263 g/mol. The third-order valence-electron chi connectivity index (χ3n) is 3.13. The van der Waals surface area contributed by atoms with E-state index in [-0.39, 0.29) is 11.6 Å². The van der Waals surface area contributed by atoms with Crippen LogP contribution >= 0.6 is 0 Å². The highest BCUT2D eigenvalue weighted by Gasteiger charge is 2.17. The zero-order chi connectivity index (χ0) is 13.8. The second-order valence-electron chi connectivity index (χ2n) is 4.50. The lowest BCUT2D eigenvalue weighted by atomic mass is 10.1. The predicted molar refractivity (Wildman–Crippen MR) is 71.6 cm³/mol. The standard InChI is InChI=1S/C13H17N3O3/c1-9-2-3-10(12(17)18)8-11(9)15-13(19)16-6-4-14-5-7-16/h2-3,8,14H,4-7H2,1H3,(H,15,19)(H,17,18). The highest BCUT2D eigenvalue weighted by molar-refractivity contribution is 5.94. The number of carbonyl (C=O) groups excluding carboxylic acids is 1. The van der Waals surface area contributed by atoms with Gasteiger partial charge in [-0.05, 0) is 24.6 Å². The van der Waals surface area contributed by atoms with Gasteiger partial charge in [-0.2, -0.15) is 0 Å². The second kappa shape index (κ2) is 5.71. The zero-order valence-corrected chi connectivity index (χ0v) is 10.8. The molecule has 6 heteroatoms. The van der Waals surface area contributed by atoms with Crippen molar-refractivity contribution >= 4 is 17.7 Å². The SMILES string of the molecule is Cc1ccc(C(=O)O)cc1NC(=O)N1CCNCC1. The van der Waals surface area contributed by atoms with Crippen LogP contribution in [-0.4, -0.2) is 48.2 Å². The molecule has 1 heterocycles. The summed E-state index contributed by atoms with van der Waals surface area (Å²) in [5, 5.41) is 14.9. The maximum Gasteiger partial charge on any atom is 0.335 e. The van der Waals surface area contributed by atoms with E-state index in [0.717, 1.165) is 18.7 Å². The molecule has 6 nitrogen and oxygen atoms in total. The quantitative estimate of drug-likeness (QED) is 0.747. The van der Waals surface area contributed by atoms with Crippen LogP contribution in [0.4, 0.5) is 10.5 Å². The molecule has 0 unspecified atom stereocenters. The van der Waals surface area contributed by atoms with Gasteiger partial charge in [0.25, 0.3) is 0 Å². The van der Waals surface area contributed by atoms with Gasteiger partial charge in [0, 0.05) is 31.9 Å². The minimum Gasteiger partial charge on any atom is -0.478 e. The van der Waals surface area contributed by atoms with E-state index >= 15 is 0 Å². The summed E-state index contributed by atoms with van der Waals surface area (Å²) in [6.45, 7) is 4.70. The lowest BCUT2D eigenvalue weighted by Crippen LogP contribution is -2.48. The molecule has 0 saturated carbocycles. The molecule has 1 aromatic carbocycles. The highest BCUT2D eigenvalue weighted by atomic mass is 16.4. The van der Waals surface area contributed by atoms with Crippen LogP contribution < -0.4 is 10.6 Å². The fraction of sp³-hybridized carbons (Fsp3) is 0.385. The number of piperazine rings is 1. The zero-order valence-electron chi connectivity index (χ0n) is 10.8. The number of hydrogen-bond donors (Lipinski definition) is 3. The van der Waals surface area contributed by atoms with Gasteiger partial charge in [-0.3, -0.25) is 0 Å². The van der Waals surface area contributed by atoms with Crippen molar-refractivity contribution in [3.63, 3.8) is 0 Å². The van der Waals surface area contributed by atoms with Crippen LogP contribution in [0.2, 0.25) is 0 Å². The summed E-state index contributed by atoms with van der Waals surface area (Å²) in [5.41, 5.74) is 1.55. The third kappa shape index (κ3) is 3.23. The molecule has 0 radical (unpaired) electrons. The molecule has 0 aromatic heterocycles. The van der Waals surface area contributed by atoms with Crippen molar-refractivity contribution in [2.24, 2.45) is 0 Å². The number of carbonyl (C=O) groups is 2. The average Bonchev–Trinajstić information content (AvgIpc) is 2.42. The van der Waals surface area contributed by atoms with Crippen molar-refractivity contribution < 1.29 is 14.7 Å². The largest absolute Gasteiger partial charge is 0.478 e. The van der Waals surface area contributed by atoms with Crippen molar-refractivity contribution in [3.05, 3.63) is 29.3 Å². The van der Waals surface area contributed by atoms with Gasteiger partial charge < -0.3 is 20.6 Å². The Kier molecular flexibility index (Phi) is 4.01. The molecule has 0 atom stereocenters. The van der Waals surface area contributed by atoms with Gasteiger partial charge >= 0.3 is 12.0 Å². The van der Waals surface area contributed by atoms with Gasteiger partial charge in [0.1, 0.15) is 0 Å². The Morgan fingerprint density at radius 1 is 1.32 bits per heavy atom. The summed E-state index contributed by atoms with van der Waals surface area (Å²) in [5.74, 6) is -1.00. The smallest absolute Gasteiger partial charge is 0.335 e. The van der Waals surface area contributed by atoms with E-state index in [1.807, 2.05) is 6.92 Å². The van der Waals surface area contributed by atoms with Crippen molar-refractivity contribution in [2.75, 3.05) is 31.5 Å². The molecule has 102 valence electrons. The Bertz CT molecular complexity index is 496. The number of aryl methyl sites for hydroxylation is 1. The summed E-state index contributed by atoms with van der Waals surface area (Å²) in [4.78, 5) is 24.7. The summed E-state index contributed by atoms with van der Waals surface area (Å²) in [6.07, 6.45) is 0. The van der Waals surface area contributed by atoms with Gasteiger partial charge in [0.15, 0.2) is 0 Å². The number of carboxylic acids is 1. The minimum absolute atomic E-state index is 0.168. The van der Waals surface area contributed by atoms with E-state index < -0.39 is 5.97 Å². The molecule has 1 aromatic rings. The molecule has 2 amide bonds. The number of urea groups is 1. The first-order chi connectivity index (χ1) is 9.08. The molecule has 0 aliphatic carbocycles. The third-order valence-corrected chi connectivity index (χ3v) is 3.13. The second-order valence-corrected chi connectivity index (χ2v) is 4.50. The lowest BCUT2D eigenvalue weighted by molar-refractivity contribution is 0.0697. The predicted octanol–water partition coefficient (Wildman–Crippen LogP) is 1.13. The Balaban J connectivity index is 2.11. The topological polar surface area (TPSA) is 81.7 Å². The lowest BCUT2D eigenvalue weighted by Gasteiger charge is -2.27. The summed E-state index contributed by atoms with van der Waals surface area (Å²) in [7, 11) is 0. The highest BCUT2D eigenvalue weighted by Crippen LogP contribution is 2.17. The number of rotatable bonds is 2. The van der Waals surface area contributed by atoms with Gasteiger partial charge in [0.2, 0.25) is 0 Å². The maximum absolute atomic E-state index is 12.0. The van der Waals surface area contributed by atoms with E-state index in [9.17, 15) is 9.59 Å². The Morgan fingerprint density at radius 3 is 2.63 bits per heavy atom. The van der Waals surface area contributed by atoms with E-state index in [4.69, 9.17) is 5.11 Å². The molecule has 1 fully saturated rings. The van der Waals surface area contributed by atoms with Crippen LogP contribution in [0.15, 0.2) is 18.2 Å². The maximum atomic E-state index is 12.0. The molecular formula is C13H17N3O3. The molecule has 1 saturated heterocycles. The van der Waals surface area contributed by atoms with Crippen LogP contribution in [-0.2, 0) is 0 Å². The van der Waals surface area contributed by atoms with E-state index in [1.165, 1.54) is 12.1 Å². The Labute approximate surface area is 111 Å². The van der Waals surface area contributed by atoms with E-state index in [1.54, 1.807) is 11.0 Å². The van der Waals surface area contributed by atoms with Gasteiger partial charge in [-0.1, -0.05) is 6.07 Å². The molecule has 2 rings (SSSR count). The van der Waals surface area contributed by atoms with Gasteiger partial charge in [0.05, 0.1) is 5.56 Å². The number of anilines is 1. The van der Waals surface area contributed by atoms with Crippen molar-refractivity contribution in [3.8, 4) is 0 Å². The molecular weight excluding hydrogens is 246 g/mol. The van der Waals surface area contributed by atoms with Crippen LogP contribution in [0, 0.1) is 6.92 Å². The van der Waals surface area contributed by atoms with E-state index in [2.05, 4.69) is 10.6 Å². The number of nitrogens with one attached hydrogen (secondary N) is 2. The van der Waals surface area contributed by atoms with Crippen LogP contribution in [0.1, 0.15) is 15.9 Å². The fourth-order valence-electron chi connectivity index (χ4n) is 1.95. The molecule has 0 bridgehead atoms. The molecule has 1 aliphatic heterocycles. The fourth-order valence-corrected chi connectivity index (χ4v) is 1.95. The first-order valence-corrected chi connectivity index (χ1v) is 6.18. The van der Waals surface area contributed by atoms with Crippen molar-refractivity contribution in [1.82, 2.24) is 10.2 Å². The summed E-state index contributed by atoms with van der Waals surface area (Å²) < 4.78 is 0. The number of nitrogens with zero attached hydrogens (tertiary/aromatic N) is 1. The molecule has 1 aliphatic rings. The minimum atomic E-state index is -1.00. The number of carboxylic acid groups (broad SMARTS) is 1. The van der Waals surface area contributed by atoms with Crippen LogP contribution in [0.5, 0.6) is 0 Å². The summed E-state index contributed by atoms with van der Waals surface area (Å²) >= 11 is 0. The first-order valence-electron chi connectivity index (χ1n) is 6.18. The molecule has 0 spiro atoms. The molecule has 3 N–H and O–H groups in total. The van der Waals surface area contributed by atoms with Crippen LogP contribution in [0.3, 0.4) is 0 Å². The van der Waals surface area contributed by atoms with Crippen LogP contribution in [0.25, 0.3) is 0 Å². The average molecular weight is 263 g/mol. The first kappa shape index (κ1) is 13.4. The number of hydrogen-bond acceptors (Lipinski definition) is 3. The summed E-state index contributed by atoms with van der Waals surface area (Å²) in [6, 6.07) is 4.51. The van der Waals surface area contributed by atoms with Gasteiger partial charge in [-0.15, -0.1) is 0 Å². The molecule has 19 heavy (non-hydrogen) atoms. The normalized spacial score (nSPS) is 15.1. The Morgan fingerprint density at radius 2 is 2.00 bits per heavy atom. The van der Waals surface area contributed by atoms with Crippen molar-refractivity contribution in [2.45, 2.75) is 6.92 Å². The number of benzene rings is 1. The Hall–Kier alpha value is -2.08. The number of aromatic carboxylic acids is 1. The number of amides is 2. The van der Waals surface area contributed by atoms with Gasteiger partial charge in [-0.25, -0.2) is 9.59 Å². The van der Waals surface area contributed by atoms with E-state index in [0.29, 0.717) is 18.8 Å². The van der Waals surface area contributed by atoms with Crippen molar-refractivity contribution in [1.29, 1.82) is 0 Å².